The predicted octanol–water partition coefficient (Wildman–Crippen LogP) is 2.74. The monoisotopic (exact) mass is 302 g/mol. The van der Waals surface area contributed by atoms with Gasteiger partial charge in [-0.1, -0.05) is 0 Å². The fourth-order valence-corrected chi connectivity index (χ4v) is 1.82. The number of alkyl halides is 3. The normalized spacial score (nSPS) is 11.7. The van der Waals surface area contributed by atoms with Crippen molar-refractivity contribution in [2.45, 2.75) is 20.0 Å². The van der Waals surface area contributed by atoms with Crippen molar-refractivity contribution in [3.8, 4) is 11.5 Å². The number of benzene rings is 1. The zero-order valence-electron chi connectivity index (χ0n) is 11.4. The Balaban J connectivity index is 2.69. The Bertz CT molecular complexity index is 710. The maximum Gasteiger partial charge on any atom is 0.449 e. The number of aromatic amines is 1. The van der Waals surface area contributed by atoms with E-state index in [2.05, 4.69) is 4.98 Å². The summed E-state index contributed by atoms with van der Waals surface area (Å²) in [4.78, 5) is 16.9. The molecule has 114 valence electrons. The summed E-state index contributed by atoms with van der Waals surface area (Å²) in [5.74, 6) is -0.802. The third kappa shape index (κ3) is 3.09. The maximum absolute atomic E-state index is 12.7. The van der Waals surface area contributed by atoms with Gasteiger partial charge < -0.3 is 14.5 Å². The summed E-state index contributed by atoms with van der Waals surface area (Å²) in [6, 6.07) is 2.60. The number of aromatic nitrogens is 2. The van der Waals surface area contributed by atoms with Crippen molar-refractivity contribution in [3.63, 3.8) is 0 Å². The third-order valence-corrected chi connectivity index (χ3v) is 2.64. The van der Waals surface area contributed by atoms with Crippen molar-refractivity contribution >= 4 is 10.9 Å². The molecule has 0 aliphatic heterocycles. The minimum Gasteiger partial charge on any atom is -0.490 e. The van der Waals surface area contributed by atoms with Crippen LogP contribution in [0.15, 0.2) is 16.9 Å². The van der Waals surface area contributed by atoms with E-state index < -0.39 is 17.6 Å². The van der Waals surface area contributed by atoms with Gasteiger partial charge in [-0.25, -0.2) is 4.98 Å². The summed E-state index contributed by atoms with van der Waals surface area (Å²) in [7, 11) is 0. The molecule has 1 heterocycles. The quantitative estimate of drug-likeness (QED) is 0.943. The second kappa shape index (κ2) is 5.63. The standard InChI is InChI=1S/C13H13F3N2O3/c1-3-20-9-5-7-8(6-10(9)21-4-2)17-12(13(14,15)16)18-11(7)19/h5-6H,3-4H2,1-2H3,(H,17,18,19). The van der Waals surface area contributed by atoms with E-state index in [0.29, 0.717) is 19.0 Å². The van der Waals surface area contributed by atoms with Crippen molar-refractivity contribution in [2.75, 3.05) is 13.2 Å². The Kier molecular flexibility index (Phi) is 4.06. The molecule has 0 unspecified atom stereocenters. The first-order valence-electron chi connectivity index (χ1n) is 6.27. The molecule has 0 radical (unpaired) electrons. The Morgan fingerprint density at radius 1 is 1.14 bits per heavy atom. The lowest BCUT2D eigenvalue weighted by Gasteiger charge is -2.12. The Labute approximate surface area is 117 Å². The number of H-pyrrole nitrogens is 1. The highest BCUT2D eigenvalue weighted by molar-refractivity contribution is 5.81. The average molecular weight is 302 g/mol. The second-order valence-corrected chi connectivity index (χ2v) is 4.09. The number of rotatable bonds is 4. The number of hydrogen-bond acceptors (Lipinski definition) is 4. The van der Waals surface area contributed by atoms with Gasteiger partial charge in [-0.2, -0.15) is 13.2 Å². The highest BCUT2D eigenvalue weighted by Crippen LogP contribution is 2.32. The molecule has 0 spiro atoms. The smallest absolute Gasteiger partial charge is 0.449 e. The van der Waals surface area contributed by atoms with Gasteiger partial charge in [-0.15, -0.1) is 0 Å². The molecule has 2 rings (SSSR count). The van der Waals surface area contributed by atoms with Crippen molar-refractivity contribution in [1.29, 1.82) is 0 Å². The van der Waals surface area contributed by atoms with E-state index in [4.69, 9.17) is 9.47 Å². The molecular weight excluding hydrogens is 289 g/mol. The molecule has 0 bridgehead atoms. The van der Waals surface area contributed by atoms with Gasteiger partial charge in [0, 0.05) is 6.07 Å². The molecule has 0 aliphatic carbocycles. The molecule has 1 aromatic carbocycles. The Morgan fingerprint density at radius 2 is 1.71 bits per heavy atom. The summed E-state index contributed by atoms with van der Waals surface area (Å²) < 4.78 is 48.6. The number of fused-ring (bicyclic) bond motifs is 1. The fraction of sp³-hybridized carbons (Fsp3) is 0.385. The van der Waals surface area contributed by atoms with Gasteiger partial charge in [0.15, 0.2) is 11.5 Å². The fourth-order valence-electron chi connectivity index (χ4n) is 1.82. The molecule has 0 aliphatic rings. The zero-order chi connectivity index (χ0) is 15.6. The van der Waals surface area contributed by atoms with Crippen LogP contribution in [0.1, 0.15) is 19.7 Å². The SMILES string of the molecule is CCOc1cc2nc(C(F)(F)F)[nH]c(=O)c2cc1OCC. The van der Waals surface area contributed by atoms with Crippen LogP contribution < -0.4 is 15.0 Å². The number of hydrogen-bond donors (Lipinski definition) is 1. The van der Waals surface area contributed by atoms with Crippen LogP contribution in [0.3, 0.4) is 0 Å². The van der Waals surface area contributed by atoms with Crippen molar-refractivity contribution in [3.05, 3.63) is 28.3 Å². The van der Waals surface area contributed by atoms with Crippen LogP contribution in [0.2, 0.25) is 0 Å². The molecule has 0 amide bonds. The minimum atomic E-state index is -4.72. The van der Waals surface area contributed by atoms with Crippen LogP contribution in [-0.4, -0.2) is 23.2 Å². The van der Waals surface area contributed by atoms with Crippen molar-refractivity contribution < 1.29 is 22.6 Å². The zero-order valence-corrected chi connectivity index (χ0v) is 11.4. The van der Waals surface area contributed by atoms with Gasteiger partial charge in [-0.05, 0) is 19.9 Å². The number of nitrogens with zero attached hydrogens (tertiary/aromatic N) is 1. The lowest BCUT2D eigenvalue weighted by Crippen LogP contribution is -2.19. The van der Waals surface area contributed by atoms with Crippen LogP contribution in [0.4, 0.5) is 13.2 Å². The number of nitrogens with one attached hydrogen (secondary N) is 1. The molecule has 2 aromatic rings. The molecule has 0 fully saturated rings. The van der Waals surface area contributed by atoms with Crippen LogP contribution in [0, 0.1) is 0 Å². The summed E-state index contributed by atoms with van der Waals surface area (Å²) in [5, 5.41) is 0.00917. The Hall–Kier alpha value is -2.25. The first-order valence-corrected chi connectivity index (χ1v) is 6.27. The number of ether oxygens (including phenoxy) is 2. The van der Waals surface area contributed by atoms with E-state index in [0.717, 1.165) is 0 Å². The van der Waals surface area contributed by atoms with Crippen LogP contribution in [-0.2, 0) is 6.18 Å². The summed E-state index contributed by atoms with van der Waals surface area (Å²) in [6.45, 7) is 4.11. The van der Waals surface area contributed by atoms with Gasteiger partial charge in [-0.3, -0.25) is 4.79 Å². The lowest BCUT2D eigenvalue weighted by molar-refractivity contribution is -0.144. The van der Waals surface area contributed by atoms with E-state index in [1.165, 1.54) is 12.1 Å². The van der Waals surface area contributed by atoms with Crippen LogP contribution in [0.5, 0.6) is 11.5 Å². The summed E-state index contributed by atoms with van der Waals surface area (Å²) in [5.41, 5.74) is -0.977. The van der Waals surface area contributed by atoms with Gasteiger partial charge in [0.25, 0.3) is 5.56 Å². The summed E-state index contributed by atoms with van der Waals surface area (Å²) in [6.07, 6.45) is -4.72. The van der Waals surface area contributed by atoms with E-state index >= 15 is 0 Å². The molecule has 0 atom stereocenters. The second-order valence-electron chi connectivity index (χ2n) is 4.09. The first-order chi connectivity index (χ1) is 9.86. The van der Waals surface area contributed by atoms with Crippen LogP contribution >= 0.6 is 0 Å². The highest BCUT2D eigenvalue weighted by Gasteiger charge is 2.34. The molecule has 8 heteroatoms. The third-order valence-electron chi connectivity index (χ3n) is 2.64. The molecule has 0 saturated heterocycles. The van der Waals surface area contributed by atoms with E-state index in [9.17, 15) is 18.0 Å². The topological polar surface area (TPSA) is 64.2 Å². The van der Waals surface area contributed by atoms with Crippen molar-refractivity contribution in [2.24, 2.45) is 0 Å². The molecular formula is C13H13F3N2O3. The molecule has 0 saturated carbocycles. The number of halogens is 3. The molecule has 21 heavy (non-hydrogen) atoms. The Morgan fingerprint density at radius 3 is 2.24 bits per heavy atom. The molecule has 1 aromatic heterocycles. The average Bonchev–Trinajstić information content (AvgIpc) is 2.39. The van der Waals surface area contributed by atoms with E-state index in [-0.39, 0.29) is 16.7 Å². The first kappa shape index (κ1) is 15.1. The van der Waals surface area contributed by atoms with E-state index in [1.54, 1.807) is 18.8 Å². The van der Waals surface area contributed by atoms with E-state index in [1.807, 2.05) is 0 Å². The maximum atomic E-state index is 12.7. The van der Waals surface area contributed by atoms with Gasteiger partial charge >= 0.3 is 6.18 Å². The molecule has 1 N–H and O–H groups in total. The van der Waals surface area contributed by atoms with Gasteiger partial charge in [0.2, 0.25) is 5.82 Å². The van der Waals surface area contributed by atoms with Gasteiger partial charge in [0.1, 0.15) is 0 Å². The lowest BCUT2D eigenvalue weighted by atomic mass is 10.2. The van der Waals surface area contributed by atoms with Crippen molar-refractivity contribution in [1.82, 2.24) is 9.97 Å². The minimum absolute atomic E-state index is 0.00917. The van der Waals surface area contributed by atoms with Crippen LogP contribution in [0.25, 0.3) is 10.9 Å². The molecule has 5 nitrogen and oxygen atoms in total. The van der Waals surface area contributed by atoms with Gasteiger partial charge in [0.05, 0.1) is 24.1 Å². The summed E-state index contributed by atoms with van der Waals surface area (Å²) >= 11 is 0. The predicted molar refractivity (Wildman–Crippen MR) is 69.7 cm³/mol. The largest absolute Gasteiger partial charge is 0.490 e. The highest BCUT2D eigenvalue weighted by atomic mass is 19.4.